The van der Waals surface area contributed by atoms with Crippen LogP contribution in [0, 0.1) is 23.2 Å². The molecule has 0 amide bonds. The van der Waals surface area contributed by atoms with Crippen LogP contribution in [0.1, 0.15) is 107 Å². The Hall–Kier alpha value is -3.31. The van der Waals surface area contributed by atoms with Crippen molar-refractivity contribution in [2.24, 2.45) is 23.2 Å². The lowest BCUT2D eigenvalue weighted by atomic mass is 9.49. The fraction of sp³-hybridized carbons (Fsp3) is 0.525. The second kappa shape index (κ2) is 14.0. The Balaban J connectivity index is 0.969. The van der Waals surface area contributed by atoms with E-state index in [0.29, 0.717) is 30.1 Å². The molecule has 4 fully saturated rings. The highest BCUT2D eigenvalue weighted by molar-refractivity contribution is 5.77. The van der Waals surface area contributed by atoms with Crippen molar-refractivity contribution >= 4 is 5.97 Å². The van der Waals surface area contributed by atoms with E-state index in [1.807, 2.05) is 31.2 Å². The van der Waals surface area contributed by atoms with E-state index in [4.69, 9.17) is 14.2 Å². The Labute approximate surface area is 269 Å². The number of hydrogen-bond donors (Lipinski definition) is 1. The number of aromatic hydroxyl groups is 1. The summed E-state index contributed by atoms with van der Waals surface area (Å²) >= 11 is 0. The van der Waals surface area contributed by atoms with E-state index in [0.717, 1.165) is 55.6 Å². The Bertz CT molecular complexity index is 1350. The van der Waals surface area contributed by atoms with Gasteiger partial charge in [-0.15, -0.1) is 0 Å². The molecule has 5 heteroatoms. The van der Waals surface area contributed by atoms with Crippen molar-refractivity contribution in [1.82, 2.24) is 0 Å². The number of carbonyl (C=O) groups is 1. The van der Waals surface area contributed by atoms with E-state index in [9.17, 15) is 9.90 Å². The van der Waals surface area contributed by atoms with Crippen LogP contribution in [0.2, 0.25) is 0 Å². The van der Waals surface area contributed by atoms with Crippen molar-refractivity contribution in [3.05, 3.63) is 95.6 Å². The highest BCUT2D eigenvalue weighted by Crippen LogP contribution is 2.60. The first-order valence-electron chi connectivity index (χ1n) is 17.2. The van der Waals surface area contributed by atoms with Gasteiger partial charge in [0, 0.05) is 0 Å². The van der Waals surface area contributed by atoms with Gasteiger partial charge in [-0.2, -0.15) is 0 Å². The van der Waals surface area contributed by atoms with Gasteiger partial charge in [-0.05, 0) is 135 Å². The summed E-state index contributed by atoms with van der Waals surface area (Å²) in [7, 11) is 0. The molecule has 4 aliphatic carbocycles. The van der Waals surface area contributed by atoms with Crippen molar-refractivity contribution in [2.75, 3.05) is 13.2 Å². The summed E-state index contributed by atoms with van der Waals surface area (Å²) in [5, 5.41) is 9.72. The average molecular weight is 611 g/mol. The summed E-state index contributed by atoms with van der Waals surface area (Å²) in [6.07, 6.45) is 8.67. The first-order chi connectivity index (χ1) is 21.8. The molecular formula is C40H50O5. The minimum atomic E-state index is -0.435. The Kier molecular flexibility index (Phi) is 9.84. The zero-order valence-corrected chi connectivity index (χ0v) is 27.2. The third-order valence-electron chi connectivity index (χ3n) is 10.9. The molecule has 0 heterocycles. The molecular weight excluding hydrogens is 560 g/mol. The quantitative estimate of drug-likeness (QED) is 0.112. The molecule has 0 aromatic heterocycles. The molecule has 0 saturated heterocycles. The number of ether oxygens (including phenoxy) is 3. The van der Waals surface area contributed by atoms with Gasteiger partial charge in [-0.1, -0.05) is 68.4 Å². The van der Waals surface area contributed by atoms with Gasteiger partial charge in [0.05, 0.1) is 12.0 Å². The summed E-state index contributed by atoms with van der Waals surface area (Å²) < 4.78 is 17.7. The number of esters is 1. The van der Waals surface area contributed by atoms with E-state index in [2.05, 4.69) is 56.3 Å². The summed E-state index contributed by atoms with van der Waals surface area (Å²) in [6.45, 7) is 7.07. The van der Waals surface area contributed by atoms with Crippen molar-refractivity contribution in [1.29, 1.82) is 0 Å². The van der Waals surface area contributed by atoms with Crippen LogP contribution >= 0.6 is 0 Å². The van der Waals surface area contributed by atoms with Crippen LogP contribution in [0.15, 0.2) is 78.9 Å². The lowest BCUT2D eigenvalue weighted by Gasteiger charge is -2.55. The second-order valence-corrected chi connectivity index (χ2v) is 14.4. The zero-order chi connectivity index (χ0) is 31.4. The van der Waals surface area contributed by atoms with Gasteiger partial charge in [0.25, 0.3) is 0 Å². The van der Waals surface area contributed by atoms with E-state index >= 15 is 0 Å². The summed E-state index contributed by atoms with van der Waals surface area (Å²) in [6, 6.07) is 26.8. The Morgan fingerprint density at radius 2 is 1.27 bits per heavy atom. The molecule has 3 aromatic carbocycles. The molecule has 0 aliphatic heterocycles. The fourth-order valence-corrected chi connectivity index (χ4v) is 8.98. The molecule has 4 unspecified atom stereocenters. The first-order valence-corrected chi connectivity index (χ1v) is 17.2. The van der Waals surface area contributed by atoms with Crippen LogP contribution in [-0.2, 0) is 14.3 Å². The van der Waals surface area contributed by atoms with Gasteiger partial charge in [-0.3, -0.25) is 4.79 Å². The molecule has 45 heavy (non-hydrogen) atoms. The maximum absolute atomic E-state index is 13.1. The highest BCUT2D eigenvalue weighted by atomic mass is 16.7. The number of rotatable bonds is 14. The molecule has 240 valence electrons. The molecule has 4 saturated carbocycles. The first kappa shape index (κ1) is 31.7. The minimum Gasteiger partial charge on any atom is -0.508 e. The number of phenolic OH excluding ortho intramolecular Hbond substituents is 1. The van der Waals surface area contributed by atoms with Crippen LogP contribution < -0.4 is 4.74 Å². The van der Waals surface area contributed by atoms with E-state index < -0.39 is 6.29 Å². The predicted octanol–water partition coefficient (Wildman–Crippen LogP) is 9.36. The van der Waals surface area contributed by atoms with E-state index in [-0.39, 0.29) is 18.0 Å². The van der Waals surface area contributed by atoms with Gasteiger partial charge in [0.1, 0.15) is 18.1 Å². The van der Waals surface area contributed by atoms with Crippen LogP contribution in [-0.4, -0.2) is 30.6 Å². The average Bonchev–Trinajstić information content (AvgIpc) is 3.03. The lowest BCUT2D eigenvalue weighted by Crippen LogP contribution is -2.50. The number of carbonyl (C=O) groups excluding carboxylic acids is 1. The molecule has 4 aliphatic rings. The van der Waals surface area contributed by atoms with Crippen molar-refractivity contribution in [3.8, 4) is 11.5 Å². The standard InChI is InChI=1S/C40H50O5/c1-27(33-9-13-37(41)14-10-33)19-36(35-7-5-4-6-8-35)20-28(2)34-11-15-38(16-12-34)45-29(3)43-17-18-44-39(42)40-24-30-21-31(25-40)23-32(22-30)26-40/h4-16,27-32,36,41H,17-26H2,1-3H3. The zero-order valence-electron chi connectivity index (χ0n) is 27.2. The lowest BCUT2D eigenvalue weighted by molar-refractivity contribution is -0.175. The van der Waals surface area contributed by atoms with Gasteiger partial charge < -0.3 is 19.3 Å². The summed E-state index contributed by atoms with van der Waals surface area (Å²) in [5.74, 6) is 4.42. The molecule has 5 nitrogen and oxygen atoms in total. The van der Waals surface area contributed by atoms with Crippen LogP contribution in [0.4, 0.5) is 0 Å². The van der Waals surface area contributed by atoms with Crippen LogP contribution in [0.5, 0.6) is 11.5 Å². The van der Waals surface area contributed by atoms with Crippen molar-refractivity contribution in [2.45, 2.75) is 96.2 Å². The van der Waals surface area contributed by atoms with Crippen molar-refractivity contribution in [3.63, 3.8) is 0 Å². The second-order valence-electron chi connectivity index (χ2n) is 14.4. The summed E-state index contributed by atoms with van der Waals surface area (Å²) in [5.41, 5.74) is 3.68. The molecule has 0 spiro atoms. The Morgan fingerprint density at radius 3 is 1.82 bits per heavy atom. The van der Waals surface area contributed by atoms with Crippen molar-refractivity contribution < 1.29 is 24.1 Å². The monoisotopic (exact) mass is 610 g/mol. The number of hydrogen-bond acceptors (Lipinski definition) is 5. The summed E-state index contributed by atoms with van der Waals surface area (Å²) in [4.78, 5) is 13.1. The smallest absolute Gasteiger partial charge is 0.312 e. The highest BCUT2D eigenvalue weighted by Gasteiger charge is 2.55. The predicted molar refractivity (Wildman–Crippen MR) is 177 cm³/mol. The largest absolute Gasteiger partial charge is 0.508 e. The van der Waals surface area contributed by atoms with E-state index in [1.54, 1.807) is 12.1 Å². The topological polar surface area (TPSA) is 65.0 Å². The van der Waals surface area contributed by atoms with Gasteiger partial charge in [0.15, 0.2) is 6.29 Å². The third-order valence-corrected chi connectivity index (χ3v) is 10.9. The molecule has 7 rings (SSSR count). The number of benzene rings is 3. The van der Waals surface area contributed by atoms with Gasteiger partial charge in [0.2, 0.25) is 0 Å². The van der Waals surface area contributed by atoms with Crippen LogP contribution in [0.25, 0.3) is 0 Å². The third kappa shape index (κ3) is 7.74. The Morgan fingerprint density at radius 1 is 0.733 bits per heavy atom. The molecule has 3 aromatic rings. The maximum Gasteiger partial charge on any atom is 0.312 e. The van der Waals surface area contributed by atoms with Gasteiger partial charge in [-0.25, -0.2) is 0 Å². The molecule has 0 radical (unpaired) electrons. The molecule has 4 bridgehead atoms. The number of phenols is 1. The van der Waals surface area contributed by atoms with E-state index in [1.165, 1.54) is 36.0 Å². The molecule has 4 atom stereocenters. The maximum atomic E-state index is 13.1. The SMILES string of the molecule is CC(OCCOC(=O)C12CC3CC(CC(C3)C1)C2)Oc1ccc(C(C)CC(CC(C)c2ccc(O)cc2)c2ccccc2)cc1. The fourth-order valence-electron chi connectivity index (χ4n) is 8.98. The van der Waals surface area contributed by atoms with Crippen LogP contribution in [0.3, 0.4) is 0 Å². The minimum absolute atomic E-state index is 0.00722. The molecule has 1 N–H and O–H groups in total. The normalized spacial score (nSPS) is 26.2. The van der Waals surface area contributed by atoms with Gasteiger partial charge >= 0.3 is 5.97 Å².